The highest BCUT2D eigenvalue weighted by molar-refractivity contribution is 9.10. The van der Waals surface area contributed by atoms with E-state index in [0.717, 1.165) is 11.0 Å². The molecular weight excluding hydrogens is 320 g/mol. The van der Waals surface area contributed by atoms with Gasteiger partial charge in [-0.3, -0.25) is 0 Å². The molecule has 2 nitrogen and oxygen atoms in total. The second kappa shape index (κ2) is 6.55. The fraction of sp³-hybridized carbons (Fsp3) is 0.333. The lowest BCUT2D eigenvalue weighted by atomic mass is 10.1. The number of hydrogen-bond acceptors (Lipinski definition) is 3. The van der Waals surface area contributed by atoms with E-state index in [1.54, 1.807) is 11.3 Å². The maximum absolute atomic E-state index is 3.56. The van der Waals surface area contributed by atoms with E-state index in [0.29, 0.717) is 6.04 Å². The molecule has 0 fully saturated rings. The molecular formula is C15H19BrN2S. The lowest BCUT2D eigenvalue weighted by molar-refractivity contribution is 0.649. The normalized spacial score (nSPS) is 12.4. The van der Waals surface area contributed by atoms with Crippen LogP contribution in [0.2, 0.25) is 0 Å². The Balaban J connectivity index is 2.27. The molecule has 1 unspecified atom stereocenters. The van der Waals surface area contributed by atoms with E-state index in [1.165, 1.54) is 16.1 Å². The summed E-state index contributed by atoms with van der Waals surface area (Å²) in [4.78, 5) is 3.69. The molecule has 1 atom stereocenters. The van der Waals surface area contributed by atoms with Crippen LogP contribution in [0.5, 0.6) is 0 Å². The van der Waals surface area contributed by atoms with Crippen LogP contribution >= 0.6 is 27.3 Å². The van der Waals surface area contributed by atoms with Crippen molar-refractivity contribution in [3.63, 3.8) is 0 Å². The average Bonchev–Trinajstić information content (AvgIpc) is 2.90. The summed E-state index contributed by atoms with van der Waals surface area (Å²) in [5.74, 6) is 0. The Bertz CT molecular complexity index is 525. The number of nitrogens with zero attached hydrogens (tertiary/aromatic N) is 1. The highest BCUT2D eigenvalue weighted by atomic mass is 79.9. The number of nitrogens with one attached hydrogen (secondary N) is 1. The maximum Gasteiger partial charge on any atom is 0.0519 e. The smallest absolute Gasteiger partial charge is 0.0519 e. The molecule has 0 spiro atoms. The van der Waals surface area contributed by atoms with E-state index in [2.05, 4.69) is 75.8 Å². The molecule has 2 aromatic rings. The summed E-state index contributed by atoms with van der Waals surface area (Å²) in [5.41, 5.74) is 2.59. The van der Waals surface area contributed by atoms with Crippen LogP contribution in [-0.2, 0) is 6.54 Å². The van der Waals surface area contributed by atoms with Crippen LogP contribution in [0.15, 0.2) is 40.2 Å². The molecule has 0 bridgehead atoms. The molecule has 1 heterocycles. The van der Waals surface area contributed by atoms with E-state index in [-0.39, 0.29) is 0 Å². The van der Waals surface area contributed by atoms with E-state index >= 15 is 0 Å². The van der Waals surface area contributed by atoms with Crippen molar-refractivity contribution >= 4 is 33.0 Å². The summed E-state index contributed by atoms with van der Waals surface area (Å²) < 4.78 is 1.12. The minimum atomic E-state index is 0.332. The number of thiophene rings is 1. The average molecular weight is 339 g/mol. The molecule has 4 heteroatoms. The molecule has 0 aliphatic heterocycles. The second-order valence-electron chi connectivity index (χ2n) is 4.65. The monoisotopic (exact) mass is 338 g/mol. The van der Waals surface area contributed by atoms with E-state index < -0.39 is 0 Å². The Morgan fingerprint density at radius 3 is 2.79 bits per heavy atom. The van der Waals surface area contributed by atoms with E-state index in [1.807, 2.05) is 7.05 Å². The number of benzene rings is 1. The third-order valence-electron chi connectivity index (χ3n) is 3.27. The minimum absolute atomic E-state index is 0.332. The highest BCUT2D eigenvalue weighted by Gasteiger charge is 2.13. The summed E-state index contributed by atoms with van der Waals surface area (Å²) in [7, 11) is 4.14. The van der Waals surface area contributed by atoms with Gasteiger partial charge in [-0.25, -0.2) is 0 Å². The Kier molecular flexibility index (Phi) is 5.02. The van der Waals surface area contributed by atoms with Crippen LogP contribution in [0.25, 0.3) is 0 Å². The van der Waals surface area contributed by atoms with Crippen LogP contribution in [0.4, 0.5) is 5.69 Å². The lowest BCUT2D eigenvalue weighted by Gasteiger charge is -2.25. The van der Waals surface area contributed by atoms with Crippen LogP contribution in [0, 0.1) is 0 Å². The third kappa shape index (κ3) is 3.59. The number of halogens is 1. The molecule has 1 aromatic carbocycles. The lowest BCUT2D eigenvalue weighted by Crippen LogP contribution is -2.21. The molecule has 0 amide bonds. The first-order valence-corrected chi connectivity index (χ1v) is 7.99. The van der Waals surface area contributed by atoms with Gasteiger partial charge in [-0.15, -0.1) is 11.3 Å². The highest BCUT2D eigenvalue weighted by Crippen LogP contribution is 2.30. The topological polar surface area (TPSA) is 15.3 Å². The van der Waals surface area contributed by atoms with E-state index in [9.17, 15) is 0 Å². The van der Waals surface area contributed by atoms with Crippen molar-refractivity contribution in [1.82, 2.24) is 5.32 Å². The quantitative estimate of drug-likeness (QED) is 0.867. The van der Waals surface area contributed by atoms with Gasteiger partial charge in [0.25, 0.3) is 0 Å². The fourth-order valence-electron chi connectivity index (χ4n) is 2.10. The van der Waals surface area contributed by atoms with Gasteiger partial charge in [-0.1, -0.05) is 22.0 Å². The molecule has 1 N–H and O–H groups in total. The van der Waals surface area contributed by atoms with Crippen molar-refractivity contribution in [3.05, 3.63) is 50.6 Å². The van der Waals surface area contributed by atoms with Crippen molar-refractivity contribution in [1.29, 1.82) is 0 Å². The van der Waals surface area contributed by atoms with Crippen LogP contribution < -0.4 is 10.2 Å². The molecule has 0 saturated heterocycles. The molecule has 1 aromatic heterocycles. The predicted octanol–water partition coefficient (Wildman–Crippen LogP) is 4.43. The largest absolute Gasteiger partial charge is 0.369 e. The minimum Gasteiger partial charge on any atom is -0.369 e. The number of anilines is 1. The second-order valence-corrected chi connectivity index (χ2v) is 6.60. The first-order chi connectivity index (χ1) is 9.11. The number of hydrogen-bond donors (Lipinski definition) is 1. The molecule has 0 saturated carbocycles. The van der Waals surface area contributed by atoms with Gasteiger partial charge in [0.05, 0.1) is 6.54 Å². The van der Waals surface area contributed by atoms with E-state index in [4.69, 9.17) is 0 Å². The van der Waals surface area contributed by atoms with Gasteiger partial charge < -0.3 is 10.2 Å². The maximum atomic E-state index is 3.56. The first-order valence-electron chi connectivity index (χ1n) is 6.32. The van der Waals surface area contributed by atoms with Crippen molar-refractivity contribution in [3.8, 4) is 0 Å². The zero-order chi connectivity index (χ0) is 13.8. The van der Waals surface area contributed by atoms with Gasteiger partial charge in [-0.2, -0.15) is 0 Å². The van der Waals surface area contributed by atoms with Gasteiger partial charge in [-0.05, 0) is 49.2 Å². The molecule has 2 rings (SSSR count). The van der Waals surface area contributed by atoms with Gasteiger partial charge in [0.2, 0.25) is 0 Å². The predicted molar refractivity (Wildman–Crippen MR) is 88.0 cm³/mol. The van der Waals surface area contributed by atoms with Crippen LogP contribution in [0.1, 0.15) is 23.4 Å². The van der Waals surface area contributed by atoms with Crippen molar-refractivity contribution < 1.29 is 0 Å². The summed E-state index contributed by atoms with van der Waals surface area (Å²) in [6.45, 7) is 3.13. The SMILES string of the molecule is CNC(C)c1cc(Br)ccc1N(C)Cc1cccs1. The Morgan fingerprint density at radius 1 is 1.37 bits per heavy atom. The molecule has 102 valence electrons. The van der Waals surface area contributed by atoms with Crippen molar-refractivity contribution in [2.45, 2.75) is 19.5 Å². The van der Waals surface area contributed by atoms with Crippen LogP contribution in [-0.4, -0.2) is 14.1 Å². The van der Waals surface area contributed by atoms with Gasteiger partial charge in [0, 0.05) is 28.1 Å². The summed E-state index contributed by atoms with van der Waals surface area (Å²) in [5, 5.41) is 5.44. The standard InChI is InChI=1S/C15H19BrN2S/c1-11(17-2)14-9-12(16)6-7-15(14)18(3)10-13-5-4-8-19-13/h4-9,11,17H,10H2,1-3H3. The van der Waals surface area contributed by atoms with Gasteiger partial charge in [0.15, 0.2) is 0 Å². The fourth-order valence-corrected chi connectivity index (χ4v) is 3.23. The van der Waals surface area contributed by atoms with Gasteiger partial charge >= 0.3 is 0 Å². The van der Waals surface area contributed by atoms with Crippen molar-refractivity contribution in [2.75, 3.05) is 19.0 Å². The molecule has 19 heavy (non-hydrogen) atoms. The number of rotatable bonds is 5. The molecule has 0 radical (unpaired) electrons. The summed E-state index contributed by atoms with van der Waals surface area (Å²) in [6.07, 6.45) is 0. The van der Waals surface area contributed by atoms with Crippen molar-refractivity contribution in [2.24, 2.45) is 0 Å². The Labute approximate surface area is 127 Å². The zero-order valence-corrected chi connectivity index (χ0v) is 13.9. The summed E-state index contributed by atoms with van der Waals surface area (Å²) >= 11 is 5.36. The third-order valence-corrected chi connectivity index (χ3v) is 4.63. The Morgan fingerprint density at radius 2 is 2.16 bits per heavy atom. The first kappa shape index (κ1) is 14.6. The molecule has 0 aliphatic rings. The Hall–Kier alpha value is -0.840. The van der Waals surface area contributed by atoms with Crippen LogP contribution in [0.3, 0.4) is 0 Å². The molecule has 0 aliphatic carbocycles. The summed E-state index contributed by atoms with van der Waals surface area (Å²) in [6, 6.07) is 11.1. The van der Waals surface area contributed by atoms with Gasteiger partial charge in [0.1, 0.15) is 0 Å². The zero-order valence-electron chi connectivity index (χ0n) is 11.5.